The van der Waals surface area contributed by atoms with E-state index in [9.17, 15) is 4.79 Å². The third kappa shape index (κ3) is 20.1. The van der Waals surface area contributed by atoms with Crippen LogP contribution in [0.2, 0.25) is 0 Å². The van der Waals surface area contributed by atoms with Crippen LogP contribution in [0.3, 0.4) is 0 Å². The van der Waals surface area contributed by atoms with Gasteiger partial charge in [0.25, 0.3) is 0 Å². The van der Waals surface area contributed by atoms with Gasteiger partial charge in [0.05, 0.1) is 6.10 Å². The van der Waals surface area contributed by atoms with Crippen molar-refractivity contribution in [2.75, 3.05) is 0 Å². The largest absolute Gasteiger partial charge is 0.479 e. The molecule has 0 amide bonds. The van der Waals surface area contributed by atoms with E-state index in [-0.39, 0.29) is 27.8 Å². The van der Waals surface area contributed by atoms with Crippen LogP contribution in [0, 0.1) is 0 Å². The van der Waals surface area contributed by atoms with Crippen molar-refractivity contribution in [3.63, 3.8) is 0 Å². The average Bonchev–Trinajstić information content (AvgIpc) is 2.53. The molecule has 0 aromatic carbocycles. The first kappa shape index (κ1) is 27.1. The van der Waals surface area contributed by atoms with Gasteiger partial charge >= 0.3 is 5.97 Å². The number of allylic oxidation sites excluding steroid dienone is 2. The number of aliphatic carboxylic acids is 1. The van der Waals surface area contributed by atoms with Crippen molar-refractivity contribution in [2.45, 2.75) is 116 Å². The van der Waals surface area contributed by atoms with Gasteiger partial charge in [0.15, 0.2) is 6.10 Å². The minimum atomic E-state index is -0.832. The predicted octanol–water partition coefficient (Wildman–Crippen LogP) is 6.51. The van der Waals surface area contributed by atoms with E-state index in [2.05, 4.69) is 19.1 Å². The van der Waals surface area contributed by atoms with Gasteiger partial charge < -0.3 is 9.84 Å². The molecule has 0 aliphatic rings. The van der Waals surface area contributed by atoms with Crippen molar-refractivity contribution in [2.24, 2.45) is 0 Å². The van der Waals surface area contributed by atoms with E-state index in [4.69, 9.17) is 9.84 Å². The zero-order valence-corrected chi connectivity index (χ0v) is 18.3. The van der Waals surface area contributed by atoms with Crippen LogP contribution in [0.25, 0.3) is 0 Å². The molecule has 0 heterocycles. The summed E-state index contributed by atoms with van der Waals surface area (Å²) in [7, 11) is 0. The maximum absolute atomic E-state index is 11.1. The summed E-state index contributed by atoms with van der Waals surface area (Å²) in [5, 5.41) is 9.09. The molecule has 0 rings (SSSR count). The van der Waals surface area contributed by atoms with E-state index in [0.29, 0.717) is 6.42 Å². The third-order valence-corrected chi connectivity index (χ3v) is 4.19. The Morgan fingerprint density at radius 1 is 0.880 bits per heavy atom. The van der Waals surface area contributed by atoms with Crippen LogP contribution >= 0.6 is 0 Å². The van der Waals surface area contributed by atoms with Gasteiger partial charge in [-0.05, 0) is 46.0 Å². The summed E-state index contributed by atoms with van der Waals surface area (Å²) in [5.74, 6) is -0.832. The number of hydrogen-bond acceptors (Lipinski definition) is 2. The summed E-state index contributed by atoms with van der Waals surface area (Å²) in [6.07, 6.45) is 19.6. The Hall–Kier alpha value is -0.116. The quantitative estimate of drug-likeness (QED) is 0.175. The second kappa shape index (κ2) is 20.2. The Kier molecular flexibility index (Phi) is 21.9. The normalized spacial score (nSPS) is 12.5. The van der Waals surface area contributed by atoms with Crippen LogP contribution in [0.5, 0.6) is 0 Å². The van der Waals surface area contributed by atoms with Crippen LogP contribution in [-0.4, -0.2) is 23.3 Å². The van der Waals surface area contributed by atoms with Gasteiger partial charge in [-0.15, -0.1) is 0 Å². The van der Waals surface area contributed by atoms with Gasteiger partial charge in [-0.3, -0.25) is 0 Å². The van der Waals surface area contributed by atoms with Crippen molar-refractivity contribution in [3.8, 4) is 0 Å². The molecular formula is C21H40O3Ti. The molecule has 0 aromatic rings. The molecule has 4 heteroatoms. The molecule has 1 N–H and O–H groups in total. The van der Waals surface area contributed by atoms with Crippen molar-refractivity contribution in [1.82, 2.24) is 0 Å². The summed E-state index contributed by atoms with van der Waals surface area (Å²) >= 11 is 0. The number of carboxylic acid groups (broad SMARTS) is 1. The van der Waals surface area contributed by atoms with Crippen molar-refractivity contribution >= 4 is 5.97 Å². The molecule has 1 atom stereocenters. The fourth-order valence-electron chi connectivity index (χ4n) is 2.80. The minimum absolute atomic E-state index is 0. The first-order valence-electron chi connectivity index (χ1n) is 10.1. The molecule has 0 bridgehead atoms. The first-order valence-corrected chi connectivity index (χ1v) is 10.1. The van der Waals surface area contributed by atoms with Crippen LogP contribution in [-0.2, 0) is 31.2 Å². The molecule has 0 aromatic heterocycles. The Morgan fingerprint density at radius 3 is 1.84 bits per heavy atom. The van der Waals surface area contributed by atoms with Gasteiger partial charge in [0.1, 0.15) is 0 Å². The predicted molar refractivity (Wildman–Crippen MR) is 102 cm³/mol. The Morgan fingerprint density at radius 2 is 1.36 bits per heavy atom. The summed E-state index contributed by atoms with van der Waals surface area (Å²) < 4.78 is 5.41. The maximum Gasteiger partial charge on any atom is 0.332 e. The van der Waals surface area contributed by atoms with E-state index in [1.807, 2.05) is 13.8 Å². The monoisotopic (exact) mass is 388 g/mol. The molecule has 0 saturated carbocycles. The number of hydrogen-bond donors (Lipinski definition) is 1. The summed E-state index contributed by atoms with van der Waals surface area (Å²) in [4.78, 5) is 11.1. The second-order valence-electron chi connectivity index (χ2n) is 7.03. The molecule has 25 heavy (non-hydrogen) atoms. The molecule has 3 nitrogen and oxygen atoms in total. The Balaban J connectivity index is 0. The van der Waals surface area contributed by atoms with Gasteiger partial charge in [0, 0.05) is 21.7 Å². The molecular weight excluding hydrogens is 348 g/mol. The molecule has 0 spiro atoms. The maximum atomic E-state index is 11.1. The van der Waals surface area contributed by atoms with Crippen molar-refractivity contribution in [1.29, 1.82) is 0 Å². The minimum Gasteiger partial charge on any atom is -0.479 e. The SMILES string of the molecule is CCCCCCCCC=CCCCCCCC(OC(C)C)C(=O)O.[Ti]. The van der Waals surface area contributed by atoms with Gasteiger partial charge in [0.2, 0.25) is 0 Å². The zero-order valence-electron chi connectivity index (χ0n) is 16.8. The van der Waals surface area contributed by atoms with Gasteiger partial charge in [-0.2, -0.15) is 0 Å². The first-order chi connectivity index (χ1) is 11.6. The average molecular weight is 388 g/mol. The van der Waals surface area contributed by atoms with Crippen LogP contribution < -0.4 is 0 Å². The van der Waals surface area contributed by atoms with Gasteiger partial charge in [-0.1, -0.05) is 70.4 Å². The van der Waals surface area contributed by atoms with E-state index in [1.54, 1.807) is 0 Å². The summed E-state index contributed by atoms with van der Waals surface area (Å²) in [6, 6.07) is 0. The zero-order chi connectivity index (χ0) is 18.0. The number of ether oxygens (including phenoxy) is 1. The molecule has 0 aliphatic carbocycles. The van der Waals surface area contributed by atoms with E-state index in [0.717, 1.165) is 19.3 Å². The topological polar surface area (TPSA) is 46.5 Å². The van der Waals surface area contributed by atoms with E-state index >= 15 is 0 Å². The van der Waals surface area contributed by atoms with Gasteiger partial charge in [-0.25, -0.2) is 4.79 Å². The Labute approximate surface area is 170 Å². The molecule has 0 fully saturated rings. The number of carboxylic acids is 1. The van der Waals surface area contributed by atoms with Crippen molar-refractivity contribution < 1.29 is 36.4 Å². The molecule has 0 saturated heterocycles. The third-order valence-electron chi connectivity index (χ3n) is 4.19. The number of rotatable bonds is 17. The number of unbranched alkanes of at least 4 members (excludes halogenated alkanes) is 10. The molecule has 0 aliphatic heterocycles. The van der Waals surface area contributed by atoms with Crippen LogP contribution in [0.4, 0.5) is 0 Å². The molecule has 146 valence electrons. The van der Waals surface area contributed by atoms with E-state index < -0.39 is 12.1 Å². The standard InChI is InChI=1S/C21H40O3.Ti/c1-4-5-6-7-8-9-10-11-12-13-14-15-16-17-18-20(21(22)23)24-19(2)3;/h11-12,19-20H,4-10,13-18H2,1-3H3,(H,22,23);. The van der Waals surface area contributed by atoms with Crippen molar-refractivity contribution in [3.05, 3.63) is 12.2 Å². The summed E-state index contributed by atoms with van der Waals surface area (Å²) in [5.41, 5.74) is 0. The fraction of sp³-hybridized carbons (Fsp3) is 0.857. The molecule has 0 radical (unpaired) electrons. The fourth-order valence-corrected chi connectivity index (χ4v) is 2.80. The molecule has 1 unspecified atom stereocenters. The van der Waals surface area contributed by atoms with Crippen LogP contribution in [0.1, 0.15) is 104 Å². The smallest absolute Gasteiger partial charge is 0.332 e. The Bertz CT molecular complexity index is 316. The second-order valence-corrected chi connectivity index (χ2v) is 7.03. The van der Waals surface area contributed by atoms with E-state index in [1.165, 1.54) is 57.8 Å². The number of carbonyl (C=O) groups is 1. The van der Waals surface area contributed by atoms with Crippen LogP contribution in [0.15, 0.2) is 12.2 Å². The summed E-state index contributed by atoms with van der Waals surface area (Å²) in [6.45, 7) is 6.02.